The van der Waals surface area contributed by atoms with Gasteiger partial charge in [0.2, 0.25) is 0 Å². The van der Waals surface area contributed by atoms with Crippen molar-refractivity contribution < 1.29 is 92.7 Å². The van der Waals surface area contributed by atoms with Crippen molar-refractivity contribution >= 4 is 44.6 Å². The second kappa shape index (κ2) is 32.2. The molecule has 0 unspecified atom stereocenters. The van der Waals surface area contributed by atoms with E-state index in [1.807, 2.05) is 54.5 Å². The molecule has 0 nitrogen and oxygen atoms in total. The maximum absolute atomic E-state index is 2.22. The molecule has 4 aliphatic carbocycles. The monoisotopic (exact) mass is 1210 g/mol. The fraction of sp³-hybridized carbons (Fsp3) is 0.474. The van der Waals surface area contributed by atoms with E-state index in [1.165, 1.54) is 23.7 Å². The van der Waals surface area contributed by atoms with Crippen molar-refractivity contribution in [2.45, 2.75) is 93.0 Å². The fourth-order valence-corrected chi connectivity index (χ4v) is 3.50. The zero-order valence-corrected chi connectivity index (χ0v) is 43.1. The minimum absolute atomic E-state index is 0. The third kappa shape index (κ3) is 30.2. The first kappa shape index (κ1) is 60.6. The van der Waals surface area contributed by atoms with Crippen molar-refractivity contribution in [2.75, 3.05) is 0 Å². The fourth-order valence-electron chi connectivity index (χ4n) is 3.50. The van der Waals surface area contributed by atoms with Crippen molar-refractivity contribution in [3.63, 3.8) is 0 Å². The van der Waals surface area contributed by atoms with Gasteiger partial charge in [0.15, 0.2) is 0 Å². The van der Waals surface area contributed by atoms with Gasteiger partial charge in [0, 0.05) is 44.8 Å². The maximum Gasteiger partial charge on any atom is 0 e. The Morgan fingerprint density at radius 2 is 0.386 bits per heavy atom. The molecular weight excluding hydrogens is 1150 g/mol. The van der Waals surface area contributed by atoms with Crippen LogP contribution in [0.15, 0.2) is 0 Å². The van der Waals surface area contributed by atoms with E-state index in [2.05, 4.69) is 186 Å². The quantitative estimate of drug-likeness (QED) is 0.253. The van der Waals surface area contributed by atoms with Crippen LogP contribution in [0, 0.1) is 148 Å². The van der Waals surface area contributed by atoms with E-state index in [1.54, 1.807) is 0 Å². The molecular formula is C38H58I2Nb2Te2-2. The van der Waals surface area contributed by atoms with Crippen LogP contribution >= 0.6 is 0 Å². The Morgan fingerprint density at radius 1 is 0.295 bits per heavy atom. The normalized spacial score (nSPS) is 19.1. The topological polar surface area (TPSA) is 0 Å². The minimum atomic E-state index is 0. The van der Waals surface area contributed by atoms with E-state index >= 15 is 0 Å². The summed E-state index contributed by atoms with van der Waals surface area (Å²) in [5.41, 5.74) is 1.29. The van der Waals surface area contributed by atoms with Crippen LogP contribution in [0.2, 0.25) is 9.94 Å². The summed E-state index contributed by atoms with van der Waals surface area (Å²) in [6, 6.07) is 0. The van der Waals surface area contributed by atoms with E-state index in [-0.39, 0.29) is 92.7 Å². The van der Waals surface area contributed by atoms with Crippen LogP contribution in [0.1, 0.15) is 83.1 Å². The van der Waals surface area contributed by atoms with E-state index in [0.29, 0.717) is 21.7 Å². The van der Waals surface area contributed by atoms with Gasteiger partial charge in [0.1, 0.15) is 0 Å². The Labute approximate surface area is 373 Å². The molecule has 0 N–H and O–H groups in total. The molecule has 4 fully saturated rings. The van der Waals surface area contributed by atoms with Crippen molar-refractivity contribution in [3.8, 4) is 0 Å². The summed E-state index contributed by atoms with van der Waals surface area (Å²) in [5, 5.41) is 0. The van der Waals surface area contributed by atoms with Gasteiger partial charge in [-0.25, -0.2) is 0 Å². The van der Waals surface area contributed by atoms with Crippen molar-refractivity contribution in [3.05, 3.63) is 126 Å². The average Bonchev–Trinajstić information content (AvgIpc) is 3.70. The molecule has 4 aliphatic rings. The van der Waals surface area contributed by atoms with Crippen LogP contribution in [0.3, 0.4) is 0 Å². The van der Waals surface area contributed by atoms with E-state index in [4.69, 9.17) is 0 Å². The molecule has 0 aliphatic heterocycles. The van der Waals surface area contributed by atoms with Crippen LogP contribution in [-0.2, 0) is 44.8 Å². The largest absolute Gasteiger partial charge is 1.00 e. The molecule has 0 spiro atoms. The molecule has 0 amide bonds. The summed E-state index contributed by atoms with van der Waals surface area (Å²) in [5.74, 6) is 5.68. The van der Waals surface area contributed by atoms with Crippen LogP contribution in [0.4, 0.5) is 0 Å². The second-order valence-corrected chi connectivity index (χ2v) is 13.7. The van der Waals surface area contributed by atoms with Gasteiger partial charge in [0.05, 0.1) is 0 Å². The molecule has 0 aromatic rings. The van der Waals surface area contributed by atoms with Gasteiger partial charge in [-0.2, -0.15) is 0 Å². The van der Waals surface area contributed by atoms with Gasteiger partial charge in [0.25, 0.3) is 0 Å². The summed E-state index contributed by atoms with van der Waals surface area (Å²) in [7, 11) is 0. The molecule has 4 saturated carbocycles. The summed E-state index contributed by atoms with van der Waals surface area (Å²) >= 11 is 3.90. The number of rotatable bonds is 0. The first-order chi connectivity index (χ1) is 18.4. The standard InChI is InChI=1S/4C9H13.2CH3Te.2HI.2Nb/c4*1-9(2,3)8-6-4-5-7-8;2*1-2;;;;/h4*4-7H,1-3H3;2*1H3;2*1H;;/p-2. The number of hydrogen-bond donors (Lipinski definition) is 0. The maximum atomic E-state index is 2.22. The van der Waals surface area contributed by atoms with Crippen LogP contribution < -0.4 is 48.0 Å². The predicted molar refractivity (Wildman–Crippen MR) is 183 cm³/mol. The molecule has 4 rings (SSSR count). The third-order valence-corrected chi connectivity index (χ3v) is 6.11. The first-order valence-corrected chi connectivity index (χ1v) is 18.8. The Kier molecular flexibility index (Phi) is 44.3. The Bertz CT molecular complexity index is 462. The first-order valence-electron chi connectivity index (χ1n) is 14.1. The molecule has 0 atom stereocenters. The van der Waals surface area contributed by atoms with Gasteiger partial charge in [-0.05, 0) is 148 Å². The second-order valence-electron chi connectivity index (χ2n) is 13.7. The molecule has 0 aromatic carbocycles. The molecule has 44 heavy (non-hydrogen) atoms. The number of hydrogen-bond acceptors (Lipinski definition) is 0. The Balaban J connectivity index is -0.000000102. The smallest absolute Gasteiger partial charge is 0 e. The van der Waals surface area contributed by atoms with Crippen molar-refractivity contribution in [1.29, 1.82) is 0 Å². The van der Waals surface area contributed by atoms with Crippen LogP contribution in [-0.4, -0.2) is 44.6 Å². The van der Waals surface area contributed by atoms with E-state index in [9.17, 15) is 0 Å². The molecule has 0 bridgehead atoms. The van der Waals surface area contributed by atoms with Gasteiger partial charge in [-0.3, -0.25) is 0 Å². The summed E-state index contributed by atoms with van der Waals surface area (Å²) in [6.07, 6.45) is 34.0. The SMILES string of the molecule is CC(C)(C)[C]1[CH][CH][CH][CH]1.CC(C)(C)[C]1[CH][CH][CH][CH]1.CC(C)(C)[C]1[CH][CH][CH][CH]1.CC(C)(C)[C]1[CH][CH][CH][CH]1.C[Te].C[Te].[I-].[I-].[Nb].[Nb]. The van der Waals surface area contributed by atoms with Gasteiger partial charge < -0.3 is 48.0 Å². The Morgan fingerprint density at radius 3 is 0.432 bits per heavy atom. The summed E-state index contributed by atoms with van der Waals surface area (Å²) in [4.78, 5) is 4.02. The van der Waals surface area contributed by atoms with Crippen molar-refractivity contribution in [1.82, 2.24) is 0 Å². The number of halogens is 2. The van der Waals surface area contributed by atoms with E-state index in [0.717, 1.165) is 0 Å². The minimum Gasteiger partial charge on any atom is -1.00 e. The average molecular weight is 1210 g/mol. The zero-order valence-electron chi connectivity index (χ0n) is 29.7. The predicted octanol–water partition coefficient (Wildman–Crippen LogP) is 4.16. The molecule has 24 radical (unpaired) electrons. The zero-order chi connectivity index (χ0) is 31.6. The van der Waals surface area contributed by atoms with Crippen LogP contribution in [0.5, 0.6) is 0 Å². The van der Waals surface area contributed by atoms with Gasteiger partial charge in [-0.15, -0.1) is 0 Å². The van der Waals surface area contributed by atoms with Gasteiger partial charge in [-0.1, -0.05) is 83.1 Å². The van der Waals surface area contributed by atoms with Crippen LogP contribution in [0.25, 0.3) is 0 Å². The molecule has 6 heteroatoms. The molecule has 0 saturated heterocycles. The molecule has 0 aromatic heterocycles. The van der Waals surface area contributed by atoms with Crippen molar-refractivity contribution in [2.24, 2.45) is 21.7 Å². The Hall–Kier alpha value is 4.52. The van der Waals surface area contributed by atoms with Gasteiger partial charge >= 0.3 is 54.5 Å². The molecule has 0 heterocycles. The molecule has 248 valence electrons. The third-order valence-electron chi connectivity index (χ3n) is 6.11. The van der Waals surface area contributed by atoms with E-state index < -0.39 is 0 Å². The summed E-state index contributed by atoms with van der Waals surface area (Å²) < 4.78 is 0. The summed E-state index contributed by atoms with van der Waals surface area (Å²) in [6.45, 7) is 26.7.